The van der Waals surface area contributed by atoms with Gasteiger partial charge in [-0.05, 0) is 42.5 Å². The number of amides is 1. The molecule has 22 heavy (non-hydrogen) atoms. The summed E-state index contributed by atoms with van der Waals surface area (Å²) >= 11 is 10.5. The number of carboxylic acid groups (broad SMARTS) is 1. The van der Waals surface area contributed by atoms with Gasteiger partial charge in [-0.2, -0.15) is 0 Å². The van der Waals surface area contributed by atoms with Gasteiger partial charge in [0.15, 0.2) is 0 Å². The Morgan fingerprint density at radius 2 is 1.86 bits per heavy atom. The summed E-state index contributed by atoms with van der Waals surface area (Å²) < 4.78 is 0.964. The molecule has 1 amide bonds. The van der Waals surface area contributed by atoms with Crippen LogP contribution in [0.5, 0.6) is 0 Å². The highest BCUT2D eigenvalue weighted by Gasteiger charge is 2.13. The van der Waals surface area contributed by atoms with Crippen molar-refractivity contribution in [1.29, 1.82) is 0 Å². The molecule has 0 radical (unpaired) electrons. The van der Waals surface area contributed by atoms with Crippen LogP contribution in [-0.2, 0) is 4.79 Å². The monoisotopic (exact) mass is 399 g/mol. The van der Waals surface area contributed by atoms with E-state index >= 15 is 0 Å². The number of benzene rings is 2. The van der Waals surface area contributed by atoms with Crippen LogP contribution in [0.2, 0.25) is 5.02 Å². The van der Waals surface area contributed by atoms with Crippen molar-refractivity contribution in [2.24, 2.45) is 0 Å². The summed E-state index contributed by atoms with van der Waals surface area (Å²) in [6, 6.07) is 11.8. The van der Waals surface area contributed by atoms with Crippen molar-refractivity contribution >= 4 is 56.9 Å². The minimum atomic E-state index is -1.12. The standard InChI is InChI=1S/C15H11BrClNO3S/c16-9-1-4-11(5-2-9)22-8-14(19)18-13-7-10(17)3-6-12(13)15(20)21/h1-7H,8H2,(H,18,19)(H,20,21). The zero-order chi connectivity index (χ0) is 16.1. The number of carbonyl (C=O) groups is 2. The van der Waals surface area contributed by atoms with Crippen molar-refractivity contribution in [3.05, 3.63) is 57.5 Å². The van der Waals surface area contributed by atoms with Gasteiger partial charge in [0.2, 0.25) is 5.91 Å². The summed E-state index contributed by atoms with van der Waals surface area (Å²) in [5.74, 6) is -1.24. The van der Waals surface area contributed by atoms with Gasteiger partial charge in [-0.15, -0.1) is 11.8 Å². The van der Waals surface area contributed by atoms with Gasteiger partial charge >= 0.3 is 5.97 Å². The smallest absolute Gasteiger partial charge is 0.337 e. The molecule has 114 valence electrons. The second kappa shape index (κ2) is 7.67. The minimum absolute atomic E-state index is 0.00592. The van der Waals surface area contributed by atoms with Gasteiger partial charge in [-0.25, -0.2) is 4.79 Å². The van der Waals surface area contributed by atoms with Crippen LogP contribution in [0.15, 0.2) is 51.8 Å². The fourth-order valence-electron chi connectivity index (χ4n) is 1.67. The fourth-order valence-corrected chi connectivity index (χ4v) is 2.81. The predicted molar refractivity (Wildman–Crippen MR) is 91.9 cm³/mol. The molecule has 0 aliphatic rings. The lowest BCUT2D eigenvalue weighted by Crippen LogP contribution is -2.16. The number of nitrogens with one attached hydrogen (secondary N) is 1. The first-order valence-corrected chi connectivity index (χ1v) is 8.32. The molecule has 2 aromatic rings. The molecule has 0 spiro atoms. The molecule has 0 unspecified atom stereocenters. The average molecular weight is 401 g/mol. The Kier molecular flexibility index (Phi) is 5.88. The fraction of sp³-hybridized carbons (Fsp3) is 0.0667. The third-order valence-corrected chi connectivity index (χ3v) is 4.45. The van der Waals surface area contributed by atoms with Gasteiger partial charge in [0.25, 0.3) is 0 Å². The summed E-state index contributed by atoms with van der Waals surface area (Å²) in [6.07, 6.45) is 0. The Balaban J connectivity index is 2.01. The maximum atomic E-state index is 12.0. The summed E-state index contributed by atoms with van der Waals surface area (Å²) in [5, 5.41) is 12.0. The van der Waals surface area contributed by atoms with Gasteiger partial charge in [0.05, 0.1) is 17.0 Å². The molecule has 2 aromatic carbocycles. The van der Waals surface area contributed by atoms with Crippen molar-refractivity contribution in [3.63, 3.8) is 0 Å². The van der Waals surface area contributed by atoms with Crippen molar-refractivity contribution in [3.8, 4) is 0 Å². The number of carboxylic acids is 1. The van der Waals surface area contributed by atoms with E-state index in [1.165, 1.54) is 30.0 Å². The first-order valence-electron chi connectivity index (χ1n) is 6.17. The second-order valence-electron chi connectivity index (χ2n) is 4.29. The maximum Gasteiger partial charge on any atom is 0.337 e. The van der Waals surface area contributed by atoms with E-state index in [2.05, 4.69) is 21.2 Å². The third-order valence-electron chi connectivity index (χ3n) is 2.67. The van der Waals surface area contributed by atoms with E-state index < -0.39 is 5.97 Å². The number of thioether (sulfide) groups is 1. The number of anilines is 1. The Morgan fingerprint density at radius 1 is 1.18 bits per heavy atom. The Hall–Kier alpha value is -1.50. The first-order chi connectivity index (χ1) is 10.5. The predicted octanol–water partition coefficient (Wildman–Crippen LogP) is 4.53. The van der Waals surface area contributed by atoms with Crippen molar-refractivity contribution in [1.82, 2.24) is 0 Å². The van der Waals surface area contributed by atoms with Gasteiger partial charge in [0.1, 0.15) is 0 Å². The highest BCUT2D eigenvalue weighted by Crippen LogP contribution is 2.23. The van der Waals surface area contributed by atoms with Gasteiger partial charge in [-0.3, -0.25) is 4.79 Å². The number of rotatable bonds is 5. The average Bonchev–Trinajstić information content (AvgIpc) is 2.46. The van der Waals surface area contributed by atoms with Crippen molar-refractivity contribution in [2.75, 3.05) is 11.1 Å². The van der Waals surface area contributed by atoms with E-state index in [0.29, 0.717) is 5.02 Å². The van der Waals surface area contributed by atoms with Crippen LogP contribution in [0.25, 0.3) is 0 Å². The minimum Gasteiger partial charge on any atom is -0.478 e. The first kappa shape index (κ1) is 16.9. The molecule has 2 N–H and O–H groups in total. The molecule has 0 aliphatic heterocycles. The molecule has 4 nitrogen and oxygen atoms in total. The largest absolute Gasteiger partial charge is 0.478 e. The van der Waals surface area contributed by atoms with E-state index in [-0.39, 0.29) is 22.9 Å². The third kappa shape index (κ3) is 4.76. The molecular weight excluding hydrogens is 390 g/mol. The Bertz CT molecular complexity index is 706. The number of halogens is 2. The number of aromatic carboxylic acids is 1. The molecule has 0 bridgehead atoms. The summed E-state index contributed by atoms with van der Waals surface area (Å²) in [7, 11) is 0. The van der Waals surface area contributed by atoms with E-state index in [1.807, 2.05) is 24.3 Å². The van der Waals surface area contributed by atoms with Crippen LogP contribution in [0.3, 0.4) is 0 Å². The zero-order valence-corrected chi connectivity index (χ0v) is 14.3. The second-order valence-corrected chi connectivity index (χ2v) is 6.69. The Labute approximate surface area is 145 Å². The van der Waals surface area contributed by atoms with Crippen LogP contribution in [0.1, 0.15) is 10.4 Å². The van der Waals surface area contributed by atoms with Crippen LogP contribution in [0.4, 0.5) is 5.69 Å². The van der Waals surface area contributed by atoms with Gasteiger partial charge < -0.3 is 10.4 Å². The zero-order valence-electron chi connectivity index (χ0n) is 11.2. The molecule has 0 heterocycles. The van der Waals surface area contributed by atoms with E-state index in [9.17, 15) is 9.59 Å². The lowest BCUT2D eigenvalue weighted by atomic mass is 10.2. The molecule has 0 saturated carbocycles. The summed E-state index contributed by atoms with van der Waals surface area (Å²) in [4.78, 5) is 24.0. The lowest BCUT2D eigenvalue weighted by molar-refractivity contribution is -0.113. The molecule has 0 saturated heterocycles. The van der Waals surface area contributed by atoms with Crippen LogP contribution in [-0.4, -0.2) is 22.7 Å². The highest BCUT2D eigenvalue weighted by molar-refractivity contribution is 9.10. The summed E-state index contributed by atoms with van der Waals surface area (Å²) in [5.41, 5.74) is 0.202. The molecule has 0 atom stereocenters. The van der Waals surface area contributed by atoms with E-state index in [0.717, 1.165) is 9.37 Å². The number of carbonyl (C=O) groups excluding carboxylic acids is 1. The molecule has 0 aliphatic carbocycles. The van der Waals surface area contributed by atoms with Crippen molar-refractivity contribution in [2.45, 2.75) is 4.90 Å². The molecule has 0 aromatic heterocycles. The normalized spacial score (nSPS) is 10.3. The van der Waals surface area contributed by atoms with Crippen molar-refractivity contribution < 1.29 is 14.7 Å². The summed E-state index contributed by atoms with van der Waals surface area (Å²) in [6.45, 7) is 0. The number of hydrogen-bond donors (Lipinski definition) is 2. The molecule has 2 rings (SSSR count). The van der Waals surface area contributed by atoms with Gasteiger partial charge in [-0.1, -0.05) is 27.5 Å². The Morgan fingerprint density at radius 3 is 2.50 bits per heavy atom. The molecular formula is C15H11BrClNO3S. The van der Waals surface area contributed by atoms with Crippen LogP contribution in [0, 0.1) is 0 Å². The van der Waals surface area contributed by atoms with E-state index in [4.69, 9.17) is 16.7 Å². The lowest BCUT2D eigenvalue weighted by Gasteiger charge is -2.09. The van der Waals surface area contributed by atoms with Gasteiger partial charge in [0, 0.05) is 14.4 Å². The quantitative estimate of drug-likeness (QED) is 0.724. The highest BCUT2D eigenvalue weighted by atomic mass is 79.9. The SMILES string of the molecule is O=C(CSc1ccc(Br)cc1)Nc1cc(Cl)ccc1C(=O)O. The maximum absolute atomic E-state index is 12.0. The molecule has 0 fully saturated rings. The molecule has 7 heteroatoms. The van der Waals surface area contributed by atoms with Crippen LogP contribution < -0.4 is 5.32 Å². The topological polar surface area (TPSA) is 66.4 Å². The van der Waals surface area contributed by atoms with Crippen LogP contribution >= 0.6 is 39.3 Å². The van der Waals surface area contributed by atoms with E-state index in [1.54, 1.807) is 0 Å². The number of hydrogen-bond acceptors (Lipinski definition) is 3.